The summed E-state index contributed by atoms with van der Waals surface area (Å²) in [5, 5.41) is 8.60. The highest BCUT2D eigenvalue weighted by Gasteiger charge is 2.19. The largest absolute Gasteiger partial charge is 0.372 e. The molecule has 1 aliphatic heterocycles. The summed E-state index contributed by atoms with van der Waals surface area (Å²) in [4.78, 5) is 12.9. The number of nitrogens with zero attached hydrogens (tertiary/aromatic N) is 7. The van der Waals surface area contributed by atoms with E-state index in [0.29, 0.717) is 13.2 Å². The van der Waals surface area contributed by atoms with Crippen molar-refractivity contribution in [3.8, 4) is 0 Å². The maximum Gasteiger partial charge on any atom is 0.159 e. The number of ether oxygens (including phenoxy) is 1. The molecule has 0 saturated heterocycles. The monoisotopic (exact) mass is 317 g/mol. The van der Waals surface area contributed by atoms with Gasteiger partial charge in [-0.15, -0.1) is 10.2 Å². The summed E-state index contributed by atoms with van der Waals surface area (Å²) in [6.07, 6.45) is 6.07. The number of aromatic nitrogens is 5. The highest BCUT2D eigenvalue weighted by atomic mass is 16.5. The van der Waals surface area contributed by atoms with Crippen LogP contribution in [0.1, 0.15) is 11.6 Å². The first-order valence-corrected chi connectivity index (χ1v) is 7.88. The SMILES string of the molecule is CN(C)CCOCc1nnc2n1CCN(c1cnccn1)CC2. The zero-order valence-corrected chi connectivity index (χ0v) is 13.7. The minimum Gasteiger partial charge on any atom is -0.372 e. The molecule has 0 saturated carbocycles. The van der Waals surface area contributed by atoms with Crippen LogP contribution in [0.2, 0.25) is 0 Å². The fourth-order valence-corrected chi connectivity index (χ4v) is 2.58. The Labute approximate surface area is 136 Å². The zero-order chi connectivity index (χ0) is 16.1. The highest BCUT2D eigenvalue weighted by molar-refractivity contribution is 5.35. The average molecular weight is 317 g/mol. The molecule has 0 unspecified atom stereocenters. The molecule has 2 aromatic rings. The van der Waals surface area contributed by atoms with Crippen molar-refractivity contribution >= 4 is 5.82 Å². The fourth-order valence-electron chi connectivity index (χ4n) is 2.58. The molecule has 0 bridgehead atoms. The number of hydrogen-bond donors (Lipinski definition) is 0. The van der Waals surface area contributed by atoms with E-state index in [0.717, 1.165) is 50.1 Å². The first-order chi connectivity index (χ1) is 11.2. The van der Waals surface area contributed by atoms with Gasteiger partial charge in [-0.1, -0.05) is 0 Å². The Hall–Kier alpha value is -2.06. The average Bonchev–Trinajstić information content (AvgIpc) is 2.82. The number of rotatable bonds is 6. The van der Waals surface area contributed by atoms with Crippen LogP contribution in [0, 0.1) is 0 Å². The number of anilines is 1. The van der Waals surface area contributed by atoms with Crippen molar-refractivity contribution in [1.82, 2.24) is 29.6 Å². The predicted octanol–water partition coefficient (Wildman–Crippen LogP) is 0.209. The van der Waals surface area contributed by atoms with E-state index in [9.17, 15) is 0 Å². The molecule has 3 rings (SSSR count). The molecule has 0 atom stereocenters. The fraction of sp³-hybridized carbons (Fsp3) is 0.600. The molecule has 0 aromatic carbocycles. The summed E-state index contributed by atoms with van der Waals surface area (Å²) in [6.45, 7) is 4.69. The lowest BCUT2D eigenvalue weighted by atomic mass is 10.4. The van der Waals surface area contributed by atoms with Crippen molar-refractivity contribution in [1.29, 1.82) is 0 Å². The van der Waals surface area contributed by atoms with Crippen LogP contribution in [-0.4, -0.2) is 70.0 Å². The summed E-state index contributed by atoms with van der Waals surface area (Å²) < 4.78 is 7.88. The third kappa shape index (κ3) is 4.02. The van der Waals surface area contributed by atoms with Gasteiger partial charge in [0.1, 0.15) is 18.2 Å². The third-order valence-electron chi connectivity index (χ3n) is 3.89. The van der Waals surface area contributed by atoms with Gasteiger partial charge in [0.05, 0.1) is 12.8 Å². The second kappa shape index (κ2) is 7.47. The Kier molecular flexibility index (Phi) is 5.14. The Morgan fingerprint density at radius 1 is 1.17 bits per heavy atom. The first-order valence-electron chi connectivity index (χ1n) is 7.88. The maximum atomic E-state index is 5.71. The van der Waals surface area contributed by atoms with Crippen molar-refractivity contribution in [3.05, 3.63) is 30.2 Å². The number of likely N-dealkylation sites (N-methyl/N-ethyl adjacent to an activating group) is 1. The van der Waals surface area contributed by atoms with E-state index in [2.05, 4.69) is 34.5 Å². The van der Waals surface area contributed by atoms with Crippen molar-refractivity contribution in [2.45, 2.75) is 19.6 Å². The lowest BCUT2D eigenvalue weighted by molar-refractivity contribution is 0.0982. The standard InChI is InChI=1S/C15H23N7O/c1-20(2)9-10-23-12-15-19-18-13-3-6-21(7-8-22(13)15)14-11-16-4-5-17-14/h4-5,11H,3,6-10,12H2,1-2H3. The normalized spacial score (nSPS) is 14.8. The Balaban J connectivity index is 1.60. The molecule has 124 valence electrons. The van der Waals surface area contributed by atoms with Crippen LogP contribution < -0.4 is 4.90 Å². The molecular formula is C15H23N7O. The maximum absolute atomic E-state index is 5.71. The summed E-state index contributed by atoms with van der Waals surface area (Å²) in [7, 11) is 4.07. The van der Waals surface area contributed by atoms with Crippen LogP contribution in [0.5, 0.6) is 0 Å². The van der Waals surface area contributed by atoms with E-state index in [1.54, 1.807) is 18.6 Å². The summed E-state index contributed by atoms with van der Waals surface area (Å²) in [5.41, 5.74) is 0. The van der Waals surface area contributed by atoms with E-state index < -0.39 is 0 Å². The molecule has 3 heterocycles. The van der Waals surface area contributed by atoms with Crippen LogP contribution in [-0.2, 0) is 24.3 Å². The molecular weight excluding hydrogens is 294 g/mol. The van der Waals surface area contributed by atoms with Gasteiger partial charge in [0.25, 0.3) is 0 Å². The minimum atomic E-state index is 0.506. The molecule has 1 aliphatic rings. The van der Waals surface area contributed by atoms with E-state index in [4.69, 9.17) is 4.74 Å². The predicted molar refractivity (Wildman–Crippen MR) is 86.2 cm³/mol. The zero-order valence-electron chi connectivity index (χ0n) is 13.7. The van der Waals surface area contributed by atoms with Crippen LogP contribution in [0.4, 0.5) is 5.82 Å². The van der Waals surface area contributed by atoms with Crippen molar-refractivity contribution in [2.24, 2.45) is 0 Å². The quantitative estimate of drug-likeness (QED) is 0.705. The van der Waals surface area contributed by atoms with Gasteiger partial charge in [-0.05, 0) is 14.1 Å². The molecule has 8 nitrogen and oxygen atoms in total. The summed E-state index contributed by atoms with van der Waals surface area (Å²) in [5.74, 6) is 2.83. The second-order valence-corrected chi connectivity index (χ2v) is 5.84. The lowest BCUT2D eigenvalue weighted by Crippen LogP contribution is -2.27. The molecule has 0 spiro atoms. The van der Waals surface area contributed by atoms with E-state index in [-0.39, 0.29) is 0 Å². The van der Waals surface area contributed by atoms with Gasteiger partial charge in [-0.25, -0.2) is 4.98 Å². The van der Waals surface area contributed by atoms with Gasteiger partial charge in [0.2, 0.25) is 0 Å². The van der Waals surface area contributed by atoms with Crippen LogP contribution in [0.3, 0.4) is 0 Å². The molecule has 23 heavy (non-hydrogen) atoms. The Morgan fingerprint density at radius 3 is 2.87 bits per heavy atom. The minimum absolute atomic E-state index is 0.506. The number of fused-ring (bicyclic) bond motifs is 1. The molecule has 0 N–H and O–H groups in total. The summed E-state index contributed by atoms with van der Waals surface area (Å²) in [6, 6.07) is 0. The van der Waals surface area contributed by atoms with Crippen LogP contribution >= 0.6 is 0 Å². The molecule has 0 aliphatic carbocycles. The smallest absolute Gasteiger partial charge is 0.159 e. The topological polar surface area (TPSA) is 72.2 Å². The van der Waals surface area contributed by atoms with Crippen LogP contribution in [0.15, 0.2) is 18.6 Å². The van der Waals surface area contributed by atoms with E-state index in [1.807, 2.05) is 14.1 Å². The van der Waals surface area contributed by atoms with Gasteiger partial charge in [-0.3, -0.25) is 4.98 Å². The highest BCUT2D eigenvalue weighted by Crippen LogP contribution is 2.15. The molecule has 2 aromatic heterocycles. The van der Waals surface area contributed by atoms with Gasteiger partial charge in [0, 0.05) is 45.0 Å². The van der Waals surface area contributed by atoms with E-state index in [1.165, 1.54) is 0 Å². The Morgan fingerprint density at radius 2 is 2.09 bits per heavy atom. The second-order valence-electron chi connectivity index (χ2n) is 5.84. The molecule has 8 heteroatoms. The van der Waals surface area contributed by atoms with Crippen molar-refractivity contribution in [3.63, 3.8) is 0 Å². The summed E-state index contributed by atoms with van der Waals surface area (Å²) >= 11 is 0. The third-order valence-corrected chi connectivity index (χ3v) is 3.89. The molecule has 0 fully saturated rings. The molecule has 0 radical (unpaired) electrons. The lowest BCUT2D eigenvalue weighted by Gasteiger charge is -2.20. The first kappa shape index (κ1) is 15.8. The van der Waals surface area contributed by atoms with Crippen LogP contribution in [0.25, 0.3) is 0 Å². The van der Waals surface area contributed by atoms with Crippen molar-refractivity contribution < 1.29 is 4.74 Å². The van der Waals surface area contributed by atoms with E-state index >= 15 is 0 Å². The van der Waals surface area contributed by atoms with Crippen molar-refractivity contribution in [2.75, 3.05) is 45.2 Å². The van der Waals surface area contributed by atoms with Gasteiger partial charge in [0.15, 0.2) is 5.82 Å². The Bertz CT molecular complexity index is 614. The number of hydrogen-bond acceptors (Lipinski definition) is 7. The molecule has 0 amide bonds. The van der Waals surface area contributed by atoms with Gasteiger partial charge >= 0.3 is 0 Å². The van der Waals surface area contributed by atoms with Gasteiger partial charge < -0.3 is 19.1 Å². The van der Waals surface area contributed by atoms with Gasteiger partial charge in [-0.2, -0.15) is 0 Å².